The van der Waals surface area contributed by atoms with E-state index in [1.54, 1.807) is 0 Å². The quantitative estimate of drug-likeness (QED) is 0.199. The van der Waals surface area contributed by atoms with E-state index in [2.05, 4.69) is 6.92 Å². The molecule has 0 saturated heterocycles. The molecule has 2 aliphatic rings. The van der Waals surface area contributed by atoms with E-state index in [1.807, 2.05) is 0 Å². The van der Waals surface area contributed by atoms with E-state index in [0.717, 1.165) is 19.1 Å². The topological polar surface area (TPSA) is 18.5 Å². The van der Waals surface area contributed by atoms with Crippen LogP contribution in [0.3, 0.4) is 0 Å². The van der Waals surface area contributed by atoms with Gasteiger partial charge in [0.25, 0.3) is 0 Å². The second-order valence-electron chi connectivity index (χ2n) is 9.97. The molecule has 0 spiro atoms. The second-order valence-corrected chi connectivity index (χ2v) is 9.97. The number of unbranched alkanes of at least 4 members (excludes halogenated alkanes) is 7. The molecule has 0 heterocycles. The van der Waals surface area contributed by atoms with Crippen LogP contribution in [0.1, 0.15) is 142 Å². The predicted molar refractivity (Wildman–Crippen MR) is 126 cm³/mol. The normalized spacial score (nSPS) is 24.3. The van der Waals surface area contributed by atoms with Crippen LogP contribution in [0.5, 0.6) is 0 Å². The fourth-order valence-electron chi connectivity index (χ4n) is 5.32. The lowest BCUT2D eigenvalue weighted by Crippen LogP contribution is -2.14. The molecule has 2 unspecified atom stereocenters. The van der Waals surface area contributed by atoms with Crippen molar-refractivity contribution in [3.05, 3.63) is 0 Å². The van der Waals surface area contributed by atoms with Crippen LogP contribution in [0.25, 0.3) is 0 Å². The third-order valence-corrected chi connectivity index (χ3v) is 7.30. The highest BCUT2D eigenvalue weighted by molar-refractivity contribution is 4.71. The molecule has 0 bridgehead atoms. The summed E-state index contributed by atoms with van der Waals surface area (Å²) in [6.07, 6.45) is 29.8. The van der Waals surface area contributed by atoms with Gasteiger partial charge in [-0.3, -0.25) is 0 Å². The molecule has 0 radical (unpaired) electrons. The zero-order chi connectivity index (χ0) is 20.4. The van der Waals surface area contributed by atoms with Crippen molar-refractivity contribution in [2.75, 3.05) is 13.2 Å². The maximum Gasteiger partial charge on any atom is 0.0575 e. The van der Waals surface area contributed by atoms with Gasteiger partial charge in [-0.1, -0.05) is 90.4 Å². The van der Waals surface area contributed by atoms with Gasteiger partial charge < -0.3 is 9.47 Å². The highest BCUT2D eigenvalue weighted by Crippen LogP contribution is 2.29. The molecule has 2 fully saturated rings. The molecule has 0 aliphatic heterocycles. The Morgan fingerprint density at radius 2 is 1.10 bits per heavy atom. The molecular formula is C27H52O2. The van der Waals surface area contributed by atoms with Gasteiger partial charge in [0.15, 0.2) is 0 Å². The molecule has 0 aromatic carbocycles. The summed E-state index contributed by atoms with van der Waals surface area (Å²) in [6, 6.07) is 0. The van der Waals surface area contributed by atoms with Crippen molar-refractivity contribution >= 4 is 0 Å². The van der Waals surface area contributed by atoms with E-state index < -0.39 is 0 Å². The lowest BCUT2D eigenvalue weighted by atomic mass is 9.95. The van der Waals surface area contributed by atoms with E-state index in [4.69, 9.17) is 9.47 Å². The average molecular weight is 409 g/mol. The summed E-state index contributed by atoms with van der Waals surface area (Å²) in [4.78, 5) is 0. The van der Waals surface area contributed by atoms with Crippen LogP contribution < -0.4 is 0 Å². The van der Waals surface area contributed by atoms with Crippen LogP contribution in [0, 0.1) is 5.92 Å². The minimum atomic E-state index is 0.548. The Hall–Kier alpha value is -0.0800. The van der Waals surface area contributed by atoms with Crippen LogP contribution in [0.2, 0.25) is 0 Å². The Balaban J connectivity index is 1.42. The van der Waals surface area contributed by atoms with Gasteiger partial charge in [-0.25, -0.2) is 0 Å². The summed E-state index contributed by atoms with van der Waals surface area (Å²) in [5, 5.41) is 0. The average Bonchev–Trinajstić information content (AvgIpc) is 3.13. The Morgan fingerprint density at radius 3 is 1.83 bits per heavy atom. The van der Waals surface area contributed by atoms with Gasteiger partial charge >= 0.3 is 0 Å². The monoisotopic (exact) mass is 408 g/mol. The van der Waals surface area contributed by atoms with Crippen molar-refractivity contribution in [3.8, 4) is 0 Å². The summed E-state index contributed by atoms with van der Waals surface area (Å²) >= 11 is 0. The molecule has 2 nitrogen and oxygen atoms in total. The maximum atomic E-state index is 6.25. The minimum absolute atomic E-state index is 0.548. The third-order valence-electron chi connectivity index (χ3n) is 7.30. The van der Waals surface area contributed by atoms with Gasteiger partial charge in [0, 0.05) is 13.2 Å². The van der Waals surface area contributed by atoms with Gasteiger partial charge in [0.05, 0.1) is 12.2 Å². The molecular weight excluding hydrogens is 356 g/mol. The molecule has 29 heavy (non-hydrogen) atoms. The van der Waals surface area contributed by atoms with Crippen LogP contribution in [-0.2, 0) is 9.47 Å². The standard InChI is InChI=1S/C27H52O2/c1-2-3-4-5-6-7-10-13-23-28-27-20-14-16-25(21-22-27)17-15-24-29-26-18-11-8-9-12-19-26/h25-27H,2-24H2,1H3. The molecule has 0 aromatic rings. The van der Waals surface area contributed by atoms with Gasteiger partial charge in [0.1, 0.15) is 0 Å². The Morgan fingerprint density at radius 1 is 0.517 bits per heavy atom. The highest BCUT2D eigenvalue weighted by atomic mass is 16.5. The lowest BCUT2D eigenvalue weighted by Gasteiger charge is -2.18. The molecule has 0 N–H and O–H groups in total. The van der Waals surface area contributed by atoms with Gasteiger partial charge in [-0.15, -0.1) is 0 Å². The van der Waals surface area contributed by atoms with Crippen LogP contribution >= 0.6 is 0 Å². The molecule has 0 amide bonds. The first-order chi connectivity index (χ1) is 14.4. The van der Waals surface area contributed by atoms with E-state index >= 15 is 0 Å². The van der Waals surface area contributed by atoms with E-state index in [0.29, 0.717) is 12.2 Å². The Kier molecular flexibility index (Phi) is 15.3. The van der Waals surface area contributed by atoms with Crippen molar-refractivity contribution in [3.63, 3.8) is 0 Å². The molecule has 2 atom stereocenters. The number of hydrogen-bond acceptors (Lipinski definition) is 2. The Bertz CT molecular complexity index is 348. The summed E-state index contributed by atoms with van der Waals surface area (Å²) in [6.45, 7) is 4.29. The number of hydrogen-bond donors (Lipinski definition) is 0. The van der Waals surface area contributed by atoms with Crippen molar-refractivity contribution < 1.29 is 9.47 Å². The van der Waals surface area contributed by atoms with E-state index in [9.17, 15) is 0 Å². The number of rotatable bonds is 15. The van der Waals surface area contributed by atoms with Gasteiger partial charge in [-0.05, 0) is 57.3 Å². The second kappa shape index (κ2) is 17.6. The van der Waals surface area contributed by atoms with E-state index in [-0.39, 0.29) is 0 Å². The molecule has 2 heteroatoms. The smallest absolute Gasteiger partial charge is 0.0575 e. The van der Waals surface area contributed by atoms with Crippen molar-refractivity contribution in [1.82, 2.24) is 0 Å². The fourth-order valence-corrected chi connectivity index (χ4v) is 5.32. The van der Waals surface area contributed by atoms with Crippen LogP contribution in [0.15, 0.2) is 0 Å². The maximum absolute atomic E-state index is 6.25. The van der Waals surface area contributed by atoms with Crippen molar-refractivity contribution in [1.29, 1.82) is 0 Å². The van der Waals surface area contributed by atoms with Crippen molar-refractivity contribution in [2.24, 2.45) is 5.92 Å². The summed E-state index contributed by atoms with van der Waals surface area (Å²) in [5.74, 6) is 0.921. The van der Waals surface area contributed by atoms with Gasteiger partial charge in [0.2, 0.25) is 0 Å². The highest BCUT2D eigenvalue weighted by Gasteiger charge is 2.19. The largest absolute Gasteiger partial charge is 0.378 e. The first-order valence-electron chi connectivity index (χ1n) is 13.6. The fraction of sp³-hybridized carbons (Fsp3) is 1.00. The third kappa shape index (κ3) is 13.0. The lowest BCUT2D eigenvalue weighted by molar-refractivity contribution is 0.0365. The molecule has 2 saturated carbocycles. The first-order valence-corrected chi connectivity index (χ1v) is 13.6. The Labute approximate surface area is 182 Å². The zero-order valence-corrected chi connectivity index (χ0v) is 19.8. The summed E-state index contributed by atoms with van der Waals surface area (Å²) < 4.78 is 12.4. The molecule has 2 rings (SSSR count). The van der Waals surface area contributed by atoms with Crippen LogP contribution in [-0.4, -0.2) is 25.4 Å². The van der Waals surface area contributed by atoms with Gasteiger partial charge in [-0.2, -0.15) is 0 Å². The zero-order valence-electron chi connectivity index (χ0n) is 19.8. The molecule has 172 valence electrons. The van der Waals surface area contributed by atoms with Crippen molar-refractivity contribution in [2.45, 2.75) is 154 Å². The summed E-state index contributed by atoms with van der Waals surface area (Å²) in [7, 11) is 0. The SMILES string of the molecule is CCCCCCCCCCOC1CCCC(CCCOC2CCCCCC2)CC1. The summed E-state index contributed by atoms with van der Waals surface area (Å²) in [5.41, 5.74) is 0. The minimum Gasteiger partial charge on any atom is -0.378 e. The van der Waals surface area contributed by atoms with Crippen LogP contribution in [0.4, 0.5) is 0 Å². The number of ether oxygens (including phenoxy) is 2. The first kappa shape index (κ1) is 25.2. The van der Waals surface area contributed by atoms with E-state index in [1.165, 1.54) is 135 Å². The molecule has 2 aliphatic carbocycles. The predicted octanol–water partition coefficient (Wildman–Crippen LogP) is 8.61. The molecule has 0 aromatic heterocycles.